The van der Waals surface area contributed by atoms with Crippen LogP contribution in [0, 0.1) is 11.3 Å². The molecule has 8 heteroatoms. The molecule has 0 saturated heterocycles. The number of aromatic nitrogens is 1. The summed E-state index contributed by atoms with van der Waals surface area (Å²) >= 11 is 0. The number of nitriles is 1. The van der Waals surface area contributed by atoms with E-state index in [-0.39, 0.29) is 6.54 Å². The van der Waals surface area contributed by atoms with E-state index in [1.807, 2.05) is 6.07 Å². The van der Waals surface area contributed by atoms with E-state index in [0.29, 0.717) is 5.69 Å². The zero-order valence-corrected chi connectivity index (χ0v) is 13.7. The van der Waals surface area contributed by atoms with Crippen molar-refractivity contribution in [3.8, 4) is 6.07 Å². The van der Waals surface area contributed by atoms with Gasteiger partial charge in [-0.25, -0.2) is 13.6 Å². The monoisotopic (exact) mass is 328 g/mol. The van der Waals surface area contributed by atoms with Crippen molar-refractivity contribution in [2.75, 3.05) is 13.1 Å². The molecule has 1 aromatic rings. The standard InChI is InChI=1S/C15H22F2N4O2/c1-14(2,3)23-13(22)20-10-15(16,17)9-19-7-11-5-12(6-18)21(4)8-11/h5,8,19H,7,9-10H2,1-4H3,(H,20,22). The lowest BCUT2D eigenvalue weighted by atomic mass is 10.2. The Morgan fingerprint density at radius 1 is 1.39 bits per heavy atom. The maximum Gasteiger partial charge on any atom is 0.407 e. The minimum absolute atomic E-state index is 0.206. The maximum absolute atomic E-state index is 13.7. The Labute approximate surface area is 134 Å². The van der Waals surface area contributed by atoms with Crippen molar-refractivity contribution in [2.24, 2.45) is 7.05 Å². The molecule has 0 unspecified atom stereocenters. The fourth-order valence-electron chi connectivity index (χ4n) is 1.81. The number of alkyl carbamates (subject to hydrolysis) is 1. The molecule has 0 aliphatic heterocycles. The second-order valence-electron chi connectivity index (χ2n) is 6.27. The average molecular weight is 328 g/mol. The molecule has 0 bridgehead atoms. The summed E-state index contributed by atoms with van der Waals surface area (Å²) in [7, 11) is 1.71. The highest BCUT2D eigenvalue weighted by atomic mass is 19.3. The molecule has 0 spiro atoms. The first-order chi connectivity index (χ1) is 10.5. The molecule has 0 saturated carbocycles. The largest absolute Gasteiger partial charge is 0.444 e. The predicted molar refractivity (Wildman–Crippen MR) is 81.0 cm³/mol. The van der Waals surface area contributed by atoms with E-state index < -0.39 is 30.7 Å². The number of halogens is 2. The fraction of sp³-hybridized carbons (Fsp3) is 0.600. The molecule has 0 radical (unpaired) electrons. The number of hydrogen-bond acceptors (Lipinski definition) is 4. The Morgan fingerprint density at radius 2 is 2.04 bits per heavy atom. The Bertz CT molecular complexity index is 585. The van der Waals surface area contributed by atoms with Gasteiger partial charge in [0.1, 0.15) is 17.4 Å². The summed E-state index contributed by atoms with van der Waals surface area (Å²) in [6.45, 7) is 3.76. The van der Waals surface area contributed by atoms with Crippen LogP contribution < -0.4 is 10.6 Å². The first kappa shape index (κ1) is 18.9. The van der Waals surface area contributed by atoms with Gasteiger partial charge in [-0.05, 0) is 32.4 Å². The predicted octanol–water partition coefficient (Wildman–Crippen LogP) is 2.15. The third-order valence-electron chi connectivity index (χ3n) is 2.78. The molecule has 1 rings (SSSR count). The lowest BCUT2D eigenvalue weighted by molar-refractivity contribution is -0.00376. The first-order valence-electron chi connectivity index (χ1n) is 7.13. The van der Waals surface area contributed by atoms with Gasteiger partial charge in [-0.1, -0.05) is 0 Å². The van der Waals surface area contributed by atoms with E-state index in [2.05, 4.69) is 10.6 Å². The van der Waals surface area contributed by atoms with Gasteiger partial charge in [0.25, 0.3) is 5.92 Å². The summed E-state index contributed by atoms with van der Waals surface area (Å²) in [5.41, 5.74) is 0.462. The van der Waals surface area contributed by atoms with Crippen LogP contribution in [0.15, 0.2) is 12.3 Å². The van der Waals surface area contributed by atoms with Crippen LogP contribution in [0.25, 0.3) is 0 Å². The van der Waals surface area contributed by atoms with Gasteiger partial charge in [-0.2, -0.15) is 5.26 Å². The SMILES string of the molecule is Cn1cc(CNCC(F)(F)CNC(=O)OC(C)(C)C)cc1C#N. The number of rotatable bonds is 6. The summed E-state index contributed by atoms with van der Waals surface area (Å²) in [6.07, 6.45) is 0.821. The van der Waals surface area contributed by atoms with E-state index in [1.165, 1.54) is 0 Å². The van der Waals surface area contributed by atoms with Crippen LogP contribution >= 0.6 is 0 Å². The second-order valence-corrected chi connectivity index (χ2v) is 6.27. The molecule has 0 fully saturated rings. The van der Waals surface area contributed by atoms with Crippen molar-refractivity contribution >= 4 is 6.09 Å². The first-order valence-corrected chi connectivity index (χ1v) is 7.13. The van der Waals surface area contributed by atoms with Gasteiger partial charge in [-0.15, -0.1) is 0 Å². The summed E-state index contributed by atoms with van der Waals surface area (Å²) < 4.78 is 33.9. The molecule has 128 valence electrons. The Hall–Kier alpha value is -2.14. The maximum atomic E-state index is 13.7. The van der Waals surface area contributed by atoms with Crippen LogP contribution in [0.4, 0.5) is 13.6 Å². The van der Waals surface area contributed by atoms with Crippen LogP contribution in [-0.4, -0.2) is 35.3 Å². The van der Waals surface area contributed by atoms with E-state index in [0.717, 1.165) is 5.56 Å². The number of aryl methyl sites for hydroxylation is 1. The van der Waals surface area contributed by atoms with Gasteiger partial charge in [0.15, 0.2) is 0 Å². The van der Waals surface area contributed by atoms with E-state index in [1.54, 1.807) is 44.6 Å². The lowest BCUT2D eigenvalue weighted by Gasteiger charge is -2.22. The minimum atomic E-state index is -3.11. The Kier molecular flexibility index (Phi) is 6.10. The van der Waals surface area contributed by atoms with Crippen LogP contribution in [0.2, 0.25) is 0 Å². The number of ether oxygens (including phenoxy) is 1. The van der Waals surface area contributed by atoms with Crippen LogP contribution in [0.1, 0.15) is 32.0 Å². The van der Waals surface area contributed by atoms with E-state index >= 15 is 0 Å². The van der Waals surface area contributed by atoms with Gasteiger partial charge < -0.3 is 19.9 Å². The molecule has 0 atom stereocenters. The normalized spacial score (nSPS) is 11.9. The molecule has 23 heavy (non-hydrogen) atoms. The van der Waals surface area contributed by atoms with Crippen molar-refractivity contribution in [1.82, 2.24) is 15.2 Å². The van der Waals surface area contributed by atoms with E-state index in [4.69, 9.17) is 10.00 Å². The van der Waals surface area contributed by atoms with Gasteiger partial charge in [0.2, 0.25) is 0 Å². The highest BCUT2D eigenvalue weighted by Gasteiger charge is 2.30. The average Bonchev–Trinajstić information content (AvgIpc) is 2.75. The van der Waals surface area contributed by atoms with Crippen molar-refractivity contribution < 1.29 is 18.3 Å². The minimum Gasteiger partial charge on any atom is -0.444 e. The lowest BCUT2D eigenvalue weighted by Crippen LogP contribution is -2.44. The molecule has 1 aromatic heterocycles. The molecule has 0 aromatic carbocycles. The number of hydrogen-bond donors (Lipinski definition) is 2. The highest BCUT2D eigenvalue weighted by molar-refractivity contribution is 5.67. The van der Waals surface area contributed by atoms with Crippen LogP contribution in [-0.2, 0) is 18.3 Å². The molecular formula is C15H22F2N4O2. The Morgan fingerprint density at radius 3 is 2.57 bits per heavy atom. The molecular weight excluding hydrogens is 306 g/mol. The summed E-state index contributed by atoms with van der Waals surface area (Å²) in [4.78, 5) is 11.4. The number of nitrogens with zero attached hydrogens (tertiary/aromatic N) is 2. The quantitative estimate of drug-likeness (QED) is 0.838. The van der Waals surface area contributed by atoms with Crippen molar-refractivity contribution in [2.45, 2.75) is 38.8 Å². The van der Waals surface area contributed by atoms with Crippen molar-refractivity contribution in [3.63, 3.8) is 0 Å². The van der Waals surface area contributed by atoms with Gasteiger partial charge in [-0.3, -0.25) is 0 Å². The third-order valence-corrected chi connectivity index (χ3v) is 2.78. The molecule has 1 heterocycles. The highest BCUT2D eigenvalue weighted by Crippen LogP contribution is 2.13. The zero-order valence-electron chi connectivity index (χ0n) is 13.7. The van der Waals surface area contributed by atoms with Gasteiger partial charge in [0, 0.05) is 19.8 Å². The molecule has 0 aliphatic carbocycles. The van der Waals surface area contributed by atoms with Crippen LogP contribution in [0.5, 0.6) is 0 Å². The number of carbonyl (C=O) groups is 1. The summed E-state index contributed by atoms with van der Waals surface area (Å²) in [6, 6.07) is 3.63. The molecule has 2 N–H and O–H groups in total. The Balaban J connectivity index is 2.37. The second kappa shape index (κ2) is 7.42. The van der Waals surface area contributed by atoms with E-state index in [9.17, 15) is 13.6 Å². The van der Waals surface area contributed by atoms with Gasteiger partial charge >= 0.3 is 6.09 Å². The number of alkyl halides is 2. The van der Waals surface area contributed by atoms with Crippen molar-refractivity contribution in [1.29, 1.82) is 5.26 Å². The molecule has 6 nitrogen and oxygen atoms in total. The van der Waals surface area contributed by atoms with Gasteiger partial charge in [0.05, 0.1) is 13.1 Å². The third kappa shape index (κ3) is 7.10. The summed E-state index contributed by atoms with van der Waals surface area (Å²) in [5.74, 6) is -3.11. The topological polar surface area (TPSA) is 79.1 Å². The molecule has 1 amide bonds. The summed E-state index contributed by atoms with van der Waals surface area (Å²) in [5, 5.41) is 13.5. The number of nitrogens with one attached hydrogen (secondary N) is 2. The molecule has 0 aliphatic rings. The fourth-order valence-corrected chi connectivity index (χ4v) is 1.81. The zero-order chi connectivity index (χ0) is 17.7. The van der Waals surface area contributed by atoms with Crippen molar-refractivity contribution in [3.05, 3.63) is 23.5 Å². The number of carbonyl (C=O) groups excluding carboxylic acids is 1. The smallest absolute Gasteiger partial charge is 0.407 e. The van der Waals surface area contributed by atoms with Crippen LogP contribution in [0.3, 0.4) is 0 Å². The number of amides is 1.